The third kappa shape index (κ3) is 5.05. The van der Waals surface area contributed by atoms with Gasteiger partial charge in [-0.25, -0.2) is 0 Å². The molecule has 34 heavy (non-hydrogen) atoms. The van der Waals surface area contributed by atoms with E-state index in [1.807, 2.05) is 59.4 Å². The predicted octanol–water partition coefficient (Wildman–Crippen LogP) is 4.80. The van der Waals surface area contributed by atoms with E-state index in [-0.39, 0.29) is 0 Å². The molecule has 3 aromatic carbocycles. The molecule has 0 aliphatic carbocycles. The van der Waals surface area contributed by atoms with Gasteiger partial charge in [0.05, 0.1) is 36.5 Å². The number of hydrogen-bond acceptors (Lipinski definition) is 6. The Morgan fingerprint density at radius 1 is 0.794 bits per heavy atom. The number of tetrazole rings is 1. The van der Waals surface area contributed by atoms with Crippen LogP contribution in [-0.2, 0) is 18.8 Å². The summed E-state index contributed by atoms with van der Waals surface area (Å²) in [6.07, 6.45) is 1.82. The van der Waals surface area contributed by atoms with Gasteiger partial charge in [-0.05, 0) is 34.0 Å². The second-order valence-electron chi connectivity index (χ2n) is 7.73. The number of rotatable bonds is 8. The van der Waals surface area contributed by atoms with Gasteiger partial charge in [0.2, 0.25) is 5.82 Å². The van der Waals surface area contributed by atoms with Crippen molar-refractivity contribution in [1.29, 1.82) is 5.26 Å². The summed E-state index contributed by atoms with van der Waals surface area (Å²) in [5.41, 5.74) is 4.91. The van der Waals surface area contributed by atoms with Crippen LogP contribution in [0.2, 0.25) is 0 Å². The Labute approximate surface area is 201 Å². The number of aromatic nitrogens is 6. The van der Waals surface area contributed by atoms with Gasteiger partial charge in [-0.1, -0.05) is 72.8 Å². The molecular weight excluding hydrogens is 442 g/mol. The lowest BCUT2D eigenvalue weighted by Crippen LogP contribution is -2.04. The van der Waals surface area contributed by atoms with Gasteiger partial charge < -0.3 is 0 Å². The van der Waals surface area contributed by atoms with Crippen molar-refractivity contribution in [2.45, 2.75) is 23.9 Å². The molecule has 0 atom stereocenters. The third-order valence-electron chi connectivity index (χ3n) is 5.29. The van der Waals surface area contributed by atoms with Gasteiger partial charge >= 0.3 is 0 Å². The summed E-state index contributed by atoms with van der Waals surface area (Å²) in [5, 5.41) is 27.8. The van der Waals surface area contributed by atoms with Crippen LogP contribution in [0, 0.1) is 11.3 Å². The normalized spacial score (nSPS) is 10.8. The van der Waals surface area contributed by atoms with Crippen LogP contribution in [0.4, 0.5) is 0 Å². The van der Waals surface area contributed by atoms with Crippen LogP contribution >= 0.6 is 11.8 Å². The Morgan fingerprint density at radius 3 is 2.18 bits per heavy atom. The zero-order chi connectivity index (χ0) is 23.2. The fourth-order valence-corrected chi connectivity index (χ4v) is 4.60. The Hall–Kier alpha value is -4.22. The monoisotopic (exact) mass is 463 g/mol. The minimum Gasteiger partial charge on any atom is -0.254 e. The number of nitriles is 1. The average molecular weight is 464 g/mol. The number of hydrogen-bond donors (Lipinski definition) is 0. The molecule has 0 unspecified atom stereocenters. The lowest BCUT2D eigenvalue weighted by atomic mass is 10.1. The second-order valence-corrected chi connectivity index (χ2v) is 8.70. The van der Waals surface area contributed by atoms with Crippen LogP contribution in [0.3, 0.4) is 0 Å². The second kappa shape index (κ2) is 10.1. The van der Waals surface area contributed by atoms with Crippen LogP contribution in [0.25, 0.3) is 11.4 Å². The molecular formula is C26H21N7S. The van der Waals surface area contributed by atoms with Crippen molar-refractivity contribution in [2.24, 2.45) is 0 Å². The Balaban J connectivity index is 1.41. The molecule has 7 nitrogen and oxygen atoms in total. The standard InChI is InChI=1S/C26H21N7S/c27-15-20-11-13-22(14-12-20)18-33-30-25(29-31-33)24-16-28-32(17-21-7-3-1-4-8-21)26(24)34-19-23-9-5-2-6-10-23/h1-14,16H,17-19H2. The van der Waals surface area contributed by atoms with Crippen LogP contribution in [0.5, 0.6) is 0 Å². The highest BCUT2D eigenvalue weighted by molar-refractivity contribution is 7.98. The van der Waals surface area contributed by atoms with E-state index in [0.29, 0.717) is 24.5 Å². The van der Waals surface area contributed by atoms with Gasteiger partial charge in [0.15, 0.2) is 0 Å². The van der Waals surface area contributed by atoms with Gasteiger partial charge in [-0.3, -0.25) is 4.68 Å². The molecule has 0 radical (unpaired) electrons. The Bertz CT molecular complexity index is 1400. The molecule has 0 amide bonds. The summed E-state index contributed by atoms with van der Waals surface area (Å²) >= 11 is 1.72. The van der Waals surface area contributed by atoms with Crippen molar-refractivity contribution in [3.63, 3.8) is 0 Å². The molecule has 0 saturated heterocycles. The summed E-state index contributed by atoms with van der Waals surface area (Å²) < 4.78 is 2.00. The smallest absolute Gasteiger partial charge is 0.209 e. The van der Waals surface area contributed by atoms with Crippen LogP contribution in [0.1, 0.15) is 22.3 Å². The highest BCUT2D eigenvalue weighted by Gasteiger charge is 2.18. The van der Waals surface area contributed by atoms with Gasteiger partial charge in [0.1, 0.15) is 5.03 Å². The first-order chi connectivity index (χ1) is 16.8. The van der Waals surface area contributed by atoms with E-state index in [2.05, 4.69) is 50.8 Å². The van der Waals surface area contributed by atoms with Crippen molar-refractivity contribution in [3.05, 3.63) is 113 Å². The van der Waals surface area contributed by atoms with Crippen molar-refractivity contribution >= 4 is 11.8 Å². The highest BCUT2D eigenvalue weighted by Crippen LogP contribution is 2.32. The maximum atomic E-state index is 8.99. The SMILES string of the molecule is N#Cc1ccc(Cn2nnc(-c3cnn(Cc4ccccc4)c3SCc3ccccc3)n2)cc1. The molecule has 5 aromatic rings. The van der Waals surface area contributed by atoms with Crippen molar-refractivity contribution in [2.75, 3.05) is 0 Å². The maximum absolute atomic E-state index is 8.99. The molecule has 2 heterocycles. The highest BCUT2D eigenvalue weighted by atomic mass is 32.2. The fraction of sp³-hybridized carbons (Fsp3) is 0.115. The van der Waals surface area contributed by atoms with Crippen LogP contribution in [0.15, 0.2) is 96.2 Å². The number of benzene rings is 3. The van der Waals surface area contributed by atoms with Gasteiger partial charge in [0.25, 0.3) is 0 Å². The molecule has 0 aliphatic rings. The molecule has 8 heteroatoms. The lowest BCUT2D eigenvalue weighted by molar-refractivity contribution is 0.572. The number of thioether (sulfide) groups is 1. The maximum Gasteiger partial charge on any atom is 0.209 e. The molecule has 2 aromatic heterocycles. The van der Waals surface area contributed by atoms with Crippen molar-refractivity contribution in [3.8, 4) is 17.5 Å². The largest absolute Gasteiger partial charge is 0.254 e. The average Bonchev–Trinajstić information content (AvgIpc) is 3.51. The zero-order valence-electron chi connectivity index (χ0n) is 18.3. The zero-order valence-corrected chi connectivity index (χ0v) is 19.1. The van der Waals surface area contributed by atoms with E-state index in [4.69, 9.17) is 5.26 Å². The van der Waals surface area contributed by atoms with Gasteiger partial charge in [-0.2, -0.15) is 15.2 Å². The van der Waals surface area contributed by atoms with E-state index in [1.165, 1.54) is 11.1 Å². The third-order valence-corrected chi connectivity index (χ3v) is 6.47. The minimum absolute atomic E-state index is 0.476. The molecule has 5 rings (SSSR count). The van der Waals surface area contributed by atoms with Crippen LogP contribution < -0.4 is 0 Å². The van der Waals surface area contributed by atoms with E-state index in [9.17, 15) is 0 Å². The molecule has 0 saturated carbocycles. The van der Waals surface area contributed by atoms with Gasteiger partial charge in [0, 0.05) is 5.75 Å². The quantitative estimate of drug-likeness (QED) is 0.307. The van der Waals surface area contributed by atoms with E-state index >= 15 is 0 Å². The molecule has 0 spiro atoms. The first kappa shape index (κ1) is 21.6. The summed E-state index contributed by atoms with van der Waals surface area (Å²) in [6, 6.07) is 30.2. The molecule has 0 N–H and O–H groups in total. The van der Waals surface area contributed by atoms with Crippen LogP contribution in [-0.4, -0.2) is 30.0 Å². The fourth-order valence-electron chi connectivity index (χ4n) is 3.54. The minimum atomic E-state index is 0.476. The summed E-state index contributed by atoms with van der Waals surface area (Å²) in [6.45, 7) is 1.14. The molecule has 166 valence electrons. The van der Waals surface area contributed by atoms with E-state index in [0.717, 1.165) is 21.9 Å². The van der Waals surface area contributed by atoms with E-state index < -0.39 is 0 Å². The van der Waals surface area contributed by atoms with Gasteiger partial charge in [-0.15, -0.1) is 22.0 Å². The summed E-state index contributed by atoms with van der Waals surface area (Å²) in [7, 11) is 0. The first-order valence-corrected chi connectivity index (χ1v) is 11.8. The predicted molar refractivity (Wildman–Crippen MR) is 131 cm³/mol. The van der Waals surface area contributed by atoms with Crippen molar-refractivity contribution in [1.82, 2.24) is 30.0 Å². The lowest BCUT2D eigenvalue weighted by Gasteiger charge is -2.09. The summed E-state index contributed by atoms with van der Waals surface area (Å²) in [5.74, 6) is 1.36. The van der Waals surface area contributed by atoms with Crippen molar-refractivity contribution < 1.29 is 0 Å². The summed E-state index contributed by atoms with van der Waals surface area (Å²) in [4.78, 5) is 1.57. The topological polar surface area (TPSA) is 85.2 Å². The van der Waals surface area contributed by atoms with E-state index in [1.54, 1.807) is 28.7 Å². The Kier molecular flexibility index (Phi) is 6.45. The molecule has 0 bridgehead atoms. The number of nitrogens with zero attached hydrogens (tertiary/aromatic N) is 7. The first-order valence-electron chi connectivity index (χ1n) is 10.8. The molecule has 0 aliphatic heterocycles. The Morgan fingerprint density at radius 2 is 1.47 bits per heavy atom. The molecule has 0 fully saturated rings.